The van der Waals surface area contributed by atoms with Gasteiger partial charge in [-0.2, -0.15) is 0 Å². The summed E-state index contributed by atoms with van der Waals surface area (Å²) in [6.07, 6.45) is 4.19. The van der Waals surface area contributed by atoms with E-state index in [-0.39, 0.29) is 0 Å². The van der Waals surface area contributed by atoms with Crippen LogP contribution in [0.5, 0.6) is 0 Å². The van der Waals surface area contributed by atoms with Crippen LogP contribution >= 0.6 is 0 Å². The molecule has 4 aliphatic heterocycles. The maximum atomic E-state index is 2.89. The van der Waals surface area contributed by atoms with E-state index in [4.69, 9.17) is 0 Å². The van der Waals surface area contributed by atoms with Crippen LogP contribution in [0.2, 0.25) is 0 Å². The first-order valence-corrected chi connectivity index (χ1v) is 11.6. The van der Waals surface area contributed by atoms with Crippen LogP contribution < -0.4 is 0 Å². The average Bonchev–Trinajstić information content (AvgIpc) is 3.07. The number of fused-ring (bicyclic) bond motifs is 1. The summed E-state index contributed by atoms with van der Waals surface area (Å²) in [7, 11) is 0. The molecule has 4 saturated heterocycles. The second-order valence-corrected chi connectivity index (χ2v) is 12.0. The standard InChI is InChI=1S/C23H42N4/c1-17(2)24-14-23(15-24)7-8-25(16-23)21(5)12-22(6,13-21)26-9-19-10-27(18(3)4)20(19)11-26/h17-20H,7-16H2,1-6H3/t19-,20-,21?,22?/m1/s1. The van der Waals surface area contributed by atoms with Crippen LogP contribution in [-0.4, -0.2) is 94.6 Å². The van der Waals surface area contributed by atoms with Crippen molar-refractivity contribution in [2.45, 2.75) is 90.0 Å². The zero-order valence-electron chi connectivity index (χ0n) is 18.7. The molecule has 5 fully saturated rings. The lowest BCUT2D eigenvalue weighted by Crippen LogP contribution is -2.68. The molecule has 1 spiro atoms. The summed E-state index contributed by atoms with van der Waals surface area (Å²) in [4.78, 5) is 11.2. The molecule has 0 radical (unpaired) electrons. The Kier molecular flexibility index (Phi) is 4.14. The maximum absolute atomic E-state index is 2.89. The zero-order chi connectivity index (χ0) is 19.2. The minimum atomic E-state index is 0.452. The van der Waals surface area contributed by atoms with E-state index in [1.807, 2.05) is 0 Å². The van der Waals surface area contributed by atoms with Gasteiger partial charge in [0.05, 0.1) is 0 Å². The van der Waals surface area contributed by atoms with E-state index in [1.165, 1.54) is 65.1 Å². The van der Waals surface area contributed by atoms with Crippen LogP contribution in [0.25, 0.3) is 0 Å². The van der Waals surface area contributed by atoms with Crippen molar-refractivity contribution < 1.29 is 0 Å². The van der Waals surface area contributed by atoms with Gasteiger partial charge in [-0.25, -0.2) is 0 Å². The summed E-state index contributed by atoms with van der Waals surface area (Å²) in [5, 5.41) is 0. The molecule has 154 valence electrons. The molecule has 0 amide bonds. The van der Waals surface area contributed by atoms with E-state index in [2.05, 4.69) is 61.1 Å². The van der Waals surface area contributed by atoms with E-state index >= 15 is 0 Å². The Bertz CT molecular complexity index is 587. The minimum absolute atomic E-state index is 0.452. The predicted molar refractivity (Wildman–Crippen MR) is 112 cm³/mol. The fraction of sp³-hybridized carbons (Fsp3) is 1.00. The second-order valence-electron chi connectivity index (χ2n) is 12.0. The summed E-state index contributed by atoms with van der Waals surface area (Å²) in [5.74, 6) is 0.947. The third-order valence-corrected chi connectivity index (χ3v) is 9.24. The fourth-order valence-corrected chi connectivity index (χ4v) is 7.58. The van der Waals surface area contributed by atoms with Gasteiger partial charge < -0.3 is 0 Å². The molecule has 0 unspecified atom stereocenters. The molecule has 4 heteroatoms. The van der Waals surface area contributed by atoms with Crippen molar-refractivity contribution >= 4 is 0 Å². The molecule has 0 aromatic heterocycles. The SMILES string of the molecule is CC(C)N1CC2(CCN(C3(C)CC(C)(N4C[C@@H]5CN(C(C)C)[C@@H]5C4)C3)C2)C1. The minimum Gasteiger partial charge on any atom is -0.300 e. The Morgan fingerprint density at radius 2 is 1.44 bits per heavy atom. The molecule has 1 aliphatic carbocycles. The van der Waals surface area contributed by atoms with Gasteiger partial charge in [-0.3, -0.25) is 19.6 Å². The van der Waals surface area contributed by atoms with Gasteiger partial charge in [-0.15, -0.1) is 0 Å². The first kappa shape index (κ1) is 18.8. The van der Waals surface area contributed by atoms with Gasteiger partial charge in [0, 0.05) is 79.8 Å². The zero-order valence-corrected chi connectivity index (χ0v) is 18.7. The van der Waals surface area contributed by atoms with Crippen LogP contribution in [-0.2, 0) is 0 Å². The molecular weight excluding hydrogens is 332 g/mol. The lowest BCUT2D eigenvalue weighted by molar-refractivity contribution is -0.0935. The molecule has 5 rings (SSSR count). The number of rotatable bonds is 4. The number of likely N-dealkylation sites (tertiary alicyclic amines) is 4. The quantitative estimate of drug-likeness (QED) is 0.750. The van der Waals surface area contributed by atoms with Crippen LogP contribution in [0, 0.1) is 11.3 Å². The smallest absolute Gasteiger partial charge is 0.0278 e. The highest BCUT2D eigenvalue weighted by Gasteiger charge is 2.61. The van der Waals surface area contributed by atoms with Crippen molar-refractivity contribution in [2.75, 3.05) is 45.8 Å². The molecule has 0 aromatic carbocycles. The molecule has 27 heavy (non-hydrogen) atoms. The highest BCUT2D eigenvalue weighted by Crippen LogP contribution is 2.54. The summed E-state index contributed by atoms with van der Waals surface area (Å²) in [5.41, 5.74) is 1.54. The number of hydrogen-bond donors (Lipinski definition) is 0. The van der Waals surface area contributed by atoms with Crippen LogP contribution in [0.1, 0.15) is 60.8 Å². The summed E-state index contributed by atoms with van der Waals surface area (Å²) in [6.45, 7) is 24.0. The Morgan fingerprint density at radius 3 is 2.07 bits per heavy atom. The fourth-order valence-electron chi connectivity index (χ4n) is 7.58. The Morgan fingerprint density at radius 1 is 0.778 bits per heavy atom. The second kappa shape index (κ2) is 5.93. The van der Waals surface area contributed by atoms with Gasteiger partial charge in [0.2, 0.25) is 0 Å². The summed E-state index contributed by atoms with van der Waals surface area (Å²) >= 11 is 0. The predicted octanol–water partition coefficient (Wildman–Crippen LogP) is 2.74. The third kappa shape index (κ3) is 2.77. The largest absolute Gasteiger partial charge is 0.300 e. The van der Waals surface area contributed by atoms with Crippen molar-refractivity contribution in [3.63, 3.8) is 0 Å². The van der Waals surface area contributed by atoms with Crippen molar-refractivity contribution in [3.05, 3.63) is 0 Å². The van der Waals surface area contributed by atoms with E-state index in [1.54, 1.807) is 0 Å². The first-order valence-electron chi connectivity index (χ1n) is 11.6. The number of nitrogens with zero attached hydrogens (tertiary/aromatic N) is 4. The molecule has 0 aromatic rings. The van der Waals surface area contributed by atoms with Gasteiger partial charge in [-0.05, 0) is 67.3 Å². The van der Waals surface area contributed by atoms with Crippen LogP contribution in [0.15, 0.2) is 0 Å². The van der Waals surface area contributed by atoms with E-state index in [9.17, 15) is 0 Å². The Hall–Kier alpha value is -0.160. The van der Waals surface area contributed by atoms with Crippen LogP contribution in [0.3, 0.4) is 0 Å². The highest BCUT2D eigenvalue weighted by molar-refractivity contribution is 5.17. The molecular formula is C23H42N4. The van der Waals surface area contributed by atoms with Gasteiger partial charge in [-0.1, -0.05) is 0 Å². The van der Waals surface area contributed by atoms with E-state index in [0.29, 0.717) is 16.5 Å². The lowest BCUT2D eigenvalue weighted by atomic mass is 9.62. The Balaban J connectivity index is 1.17. The summed E-state index contributed by atoms with van der Waals surface area (Å²) in [6, 6.07) is 2.29. The van der Waals surface area contributed by atoms with Gasteiger partial charge in [0.1, 0.15) is 0 Å². The molecule has 0 N–H and O–H groups in total. The van der Waals surface area contributed by atoms with Gasteiger partial charge >= 0.3 is 0 Å². The van der Waals surface area contributed by atoms with E-state index < -0.39 is 0 Å². The lowest BCUT2D eigenvalue weighted by Gasteiger charge is -2.61. The average molecular weight is 375 g/mol. The van der Waals surface area contributed by atoms with Crippen molar-refractivity contribution in [3.8, 4) is 0 Å². The van der Waals surface area contributed by atoms with Crippen LogP contribution in [0.4, 0.5) is 0 Å². The summed E-state index contributed by atoms with van der Waals surface area (Å²) < 4.78 is 0. The normalized spacial score (nSPS) is 45.3. The topological polar surface area (TPSA) is 13.0 Å². The molecule has 0 bridgehead atoms. The molecule has 1 saturated carbocycles. The third-order valence-electron chi connectivity index (χ3n) is 9.24. The van der Waals surface area contributed by atoms with Gasteiger partial charge in [0.15, 0.2) is 0 Å². The first-order chi connectivity index (χ1) is 12.6. The Labute approximate surface area is 167 Å². The maximum Gasteiger partial charge on any atom is 0.0278 e. The molecule has 4 nitrogen and oxygen atoms in total. The van der Waals surface area contributed by atoms with E-state index in [0.717, 1.165) is 24.0 Å². The number of hydrogen-bond acceptors (Lipinski definition) is 4. The monoisotopic (exact) mass is 374 g/mol. The van der Waals surface area contributed by atoms with Gasteiger partial charge in [0.25, 0.3) is 0 Å². The van der Waals surface area contributed by atoms with Crippen molar-refractivity contribution in [1.82, 2.24) is 19.6 Å². The van der Waals surface area contributed by atoms with Crippen molar-refractivity contribution in [2.24, 2.45) is 11.3 Å². The molecule has 2 atom stereocenters. The highest BCUT2D eigenvalue weighted by atomic mass is 15.4. The molecule has 5 aliphatic rings. The molecule has 4 heterocycles. The van der Waals surface area contributed by atoms with Crippen molar-refractivity contribution in [1.29, 1.82) is 0 Å².